The van der Waals surface area contributed by atoms with Crippen molar-refractivity contribution in [3.63, 3.8) is 0 Å². The highest BCUT2D eigenvalue weighted by atomic mass is 32.2. The summed E-state index contributed by atoms with van der Waals surface area (Å²) >= 11 is 1.22. The van der Waals surface area contributed by atoms with Crippen LogP contribution in [-0.2, 0) is 4.79 Å². The first-order valence-electron chi connectivity index (χ1n) is 10.9. The number of rotatable bonds is 10. The van der Waals surface area contributed by atoms with Crippen LogP contribution in [0.4, 0.5) is 11.4 Å². The first-order valence-corrected chi connectivity index (χ1v) is 11.9. The van der Waals surface area contributed by atoms with Crippen LogP contribution in [0.25, 0.3) is 5.69 Å². The van der Waals surface area contributed by atoms with E-state index in [1.165, 1.54) is 36.0 Å². The predicted octanol–water partition coefficient (Wildman–Crippen LogP) is 5.05. The van der Waals surface area contributed by atoms with Gasteiger partial charge in [0.05, 0.1) is 17.8 Å². The van der Waals surface area contributed by atoms with Crippen LogP contribution >= 0.6 is 11.8 Å². The summed E-state index contributed by atoms with van der Waals surface area (Å²) in [6.45, 7) is 1.88. The molecule has 10 nitrogen and oxygen atoms in total. The van der Waals surface area contributed by atoms with E-state index in [0.29, 0.717) is 22.4 Å². The van der Waals surface area contributed by atoms with Crippen LogP contribution in [0, 0.1) is 10.1 Å². The number of carbonyl (C=O) groups is 1. The predicted molar refractivity (Wildman–Crippen MR) is 136 cm³/mol. The van der Waals surface area contributed by atoms with E-state index in [9.17, 15) is 14.9 Å². The zero-order valence-electron chi connectivity index (χ0n) is 19.5. The van der Waals surface area contributed by atoms with Crippen LogP contribution in [0.5, 0.6) is 11.5 Å². The number of nitrogens with zero attached hydrogens (tertiary/aromatic N) is 4. The molecule has 0 aliphatic carbocycles. The van der Waals surface area contributed by atoms with Crippen LogP contribution in [0.2, 0.25) is 0 Å². The lowest BCUT2D eigenvalue weighted by Crippen LogP contribution is -2.15. The number of benzene rings is 3. The van der Waals surface area contributed by atoms with Gasteiger partial charge < -0.3 is 14.8 Å². The van der Waals surface area contributed by atoms with E-state index < -0.39 is 11.0 Å². The molecule has 1 aromatic heterocycles. The van der Waals surface area contributed by atoms with Crippen LogP contribution in [-0.4, -0.2) is 38.5 Å². The maximum atomic E-state index is 12.5. The summed E-state index contributed by atoms with van der Waals surface area (Å²) in [5.41, 5.74) is 1.26. The van der Waals surface area contributed by atoms with Gasteiger partial charge in [0.2, 0.25) is 5.91 Å². The maximum absolute atomic E-state index is 12.5. The normalized spacial score (nSPS) is 11.5. The molecule has 0 aliphatic heterocycles. The minimum atomic E-state index is -0.491. The molecule has 11 heteroatoms. The van der Waals surface area contributed by atoms with Crippen molar-refractivity contribution in [2.75, 3.05) is 18.2 Å². The molecule has 0 aliphatic rings. The SMILES string of the molecule is COc1ccc(OC(C)c2nnc(SCC(=O)Nc3ccc([N+](=O)[O-])cc3)n2-c2ccccc2)cc1. The van der Waals surface area contributed by atoms with Crippen molar-refractivity contribution in [3.05, 3.63) is 94.8 Å². The van der Waals surface area contributed by atoms with Gasteiger partial charge in [0.1, 0.15) is 11.5 Å². The lowest BCUT2D eigenvalue weighted by atomic mass is 10.3. The number of para-hydroxylation sites is 1. The molecule has 0 spiro atoms. The van der Waals surface area contributed by atoms with Crippen molar-refractivity contribution < 1.29 is 19.2 Å². The molecule has 1 unspecified atom stereocenters. The van der Waals surface area contributed by atoms with Crippen LogP contribution in [0.15, 0.2) is 84.0 Å². The number of aromatic nitrogens is 3. The molecule has 1 atom stereocenters. The fraction of sp³-hybridized carbons (Fsp3) is 0.160. The van der Waals surface area contributed by atoms with Gasteiger partial charge in [-0.2, -0.15) is 0 Å². The fourth-order valence-corrected chi connectivity index (χ4v) is 4.12. The van der Waals surface area contributed by atoms with Gasteiger partial charge in [0.15, 0.2) is 17.1 Å². The number of hydrogen-bond donors (Lipinski definition) is 1. The molecular formula is C25H23N5O5S. The van der Waals surface area contributed by atoms with Crippen molar-refractivity contribution in [2.24, 2.45) is 0 Å². The average Bonchev–Trinajstić information content (AvgIpc) is 3.33. The number of hydrogen-bond acceptors (Lipinski definition) is 8. The number of anilines is 1. The van der Waals surface area contributed by atoms with E-state index in [4.69, 9.17) is 9.47 Å². The van der Waals surface area contributed by atoms with Gasteiger partial charge in [-0.3, -0.25) is 19.5 Å². The molecule has 1 N–H and O–H groups in total. The Labute approximate surface area is 211 Å². The second-order valence-electron chi connectivity index (χ2n) is 7.59. The third-order valence-corrected chi connectivity index (χ3v) is 6.03. The van der Waals surface area contributed by atoms with Crippen molar-refractivity contribution in [1.82, 2.24) is 14.8 Å². The number of carbonyl (C=O) groups excluding carboxylic acids is 1. The van der Waals surface area contributed by atoms with Gasteiger partial charge in [-0.05, 0) is 55.5 Å². The first-order chi connectivity index (χ1) is 17.4. The molecule has 3 aromatic carbocycles. The summed E-state index contributed by atoms with van der Waals surface area (Å²) in [5.74, 6) is 1.75. The smallest absolute Gasteiger partial charge is 0.269 e. The van der Waals surface area contributed by atoms with Crippen LogP contribution in [0.3, 0.4) is 0 Å². The Kier molecular flexibility index (Phi) is 7.81. The van der Waals surface area contributed by atoms with Crippen molar-refractivity contribution in [3.8, 4) is 17.2 Å². The highest BCUT2D eigenvalue weighted by molar-refractivity contribution is 7.99. The molecule has 4 aromatic rings. The maximum Gasteiger partial charge on any atom is 0.269 e. The molecule has 4 rings (SSSR count). The molecule has 0 bridgehead atoms. The molecule has 0 radical (unpaired) electrons. The minimum Gasteiger partial charge on any atom is -0.497 e. The lowest BCUT2D eigenvalue weighted by molar-refractivity contribution is -0.384. The zero-order chi connectivity index (χ0) is 25.5. The molecule has 184 valence electrons. The second-order valence-corrected chi connectivity index (χ2v) is 8.53. The van der Waals surface area contributed by atoms with Gasteiger partial charge in [-0.15, -0.1) is 10.2 Å². The monoisotopic (exact) mass is 505 g/mol. The molecular weight excluding hydrogens is 482 g/mol. The van der Waals surface area contributed by atoms with E-state index in [1.54, 1.807) is 7.11 Å². The van der Waals surface area contributed by atoms with Crippen molar-refractivity contribution in [1.29, 1.82) is 0 Å². The van der Waals surface area contributed by atoms with E-state index in [-0.39, 0.29) is 17.3 Å². The Morgan fingerprint density at radius 3 is 2.33 bits per heavy atom. The second kappa shape index (κ2) is 11.4. The number of non-ortho nitro benzene ring substituents is 1. The molecule has 0 saturated carbocycles. The molecule has 0 saturated heterocycles. The Bertz CT molecular complexity index is 1330. The first kappa shape index (κ1) is 24.7. The Morgan fingerprint density at radius 1 is 1.03 bits per heavy atom. The summed E-state index contributed by atoms with van der Waals surface area (Å²) < 4.78 is 13.1. The van der Waals surface area contributed by atoms with Gasteiger partial charge in [0.25, 0.3) is 5.69 Å². The third kappa shape index (κ3) is 5.99. The third-order valence-electron chi connectivity index (χ3n) is 5.10. The zero-order valence-corrected chi connectivity index (χ0v) is 20.3. The molecule has 1 amide bonds. The van der Waals surface area contributed by atoms with Crippen molar-refractivity contribution in [2.45, 2.75) is 18.2 Å². The van der Waals surface area contributed by atoms with Gasteiger partial charge in [-0.25, -0.2) is 0 Å². The number of thioether (sulfide) groups is 1. The van der Waals surface area contributed by atoms with Crippen molar-refractivity contribution >= 4 is 29.0 Å². The Morgan fingerprint density at radius 2 is 1.69 bits per heavy atom. The Hall–Kier alpha value is -4.38. The topological polar surface area (TPSA) is 121 Å². The van der Waals surface area contributed by atoms with Gasteiger partial charge in [0, 0.05) is 23.5 Å². The molecule has 1 heterocycles. The highest BCUT2D eigenvalue weighted by Gasteiger charge is 2.22. The quantitative estimate of drug-likeness (QED) is 0.180. The summed E-state index contributed by atoms with van der Waals surface area (Å²) in [6.07, 6.45) is -0.436. The number of nitro benzene ring substituents is 1. The molecule has 0 fully saturated rings. The van der Waals surface area contributed by atoms with E-state index >= 15 is 0 Å². The van der Waals surface area contributed by atoms with E-state index in [1.807, 2.05) is 66.1 Å². The number of amides is 1. The largest absolute Gasteiger partial charge is 0.497 e. The van der Waals surface area contributed by atoms with Crippen LogP contribution in [0.1, 0.15) is 18.9 Å². The number of ether oxygens (including phenoxy) is 2. The number of nitro groups is 1. The highest BCUT2D eigenvalue weighted by Crippen LogP contribution is 2.28. The van der Waals surface area contributed by atoms with E-state index in [2.05, 4.69) is 15.5 Å². The van der Waals surface area contributed by atoms with Gasteiger partial charge >= 0.3 is 0 Å². The summed E-state index contributed by atoms with van der Waals surface area (Å²) in [7, 11) is 1.60. The minimum absolute atomic E-state index is 0.0446. The summed E-state index contributed by atoms with van der Waals surface area (Å²) in [4.78, 5) is 22.8. The molecule has 36 heavy (non-hydrogen) atoms. The van der Waals surface area contributed by atoms with Crippen LogP contribution < -0.4 is 14.8 Å². The lowest BCUT2D eigenvalue weighted by Gasteiger charge is -2.17. The standard InChI is InChI=1S/C25H23N5O5S/c1-17(35-22-14-12-21(34-2)13-15-22)24-27-28-25(29(24)19-6-4-3-5-7-19)36-16-23(31)26-18-8-10-20(11-9-18)30(32)33/h3-15,17H,16H2,1-2H3,(H,26,31). The van der Waals surface area contributed by atoms with Gasteiger partial charge in [-0.1, -0.05) is 30.0 Å². The Balaban J connectivity index is 1.49. The average molecular weight is 506 g/mol. The summed E-state index contributed by atoms with van der Waals surface area (Å²) in [6, 6.07) is 22.5. The summed E-state index contributed by atoms with van der Waals surface area (Å²) in [5, 5.41) is 22.7. The number of nitrogens with one attached hydrogen (secondary N) is 1. The fourth-order valence-electron chi connectivity index (χ4n) is 3.36. The van der Waals surface area contributed by atoms with E-state index in [0.717, 1.165) is 11.4 Å². The number of methoxy groups -OCH3 is 1.